The van der Waals surface area contributed by atoms with Crippen molar-refractivity contribution in [2.75, 3.05) is 0 Å². The molecule has 0 aliphatic heterocycles. The quantitative estimate of drug-likeness (QED) is 0.728. The topological polar surface area (TPSA) is 25.2 Å². The van der Waals surface area contributed by atoms with Gasteiger partial charge in [-0.05, 0) is 32.4 Å². The Kier molecular flexibility index (Phi) is 2.00. The maximum absolute atomic E-state index is 9.71. The number of aliphatic hydroxyl groups excluding tert-OH is 1. The van der Waals surface area contributed by atoms with Crippen LogP contribution in [0.4, 0.5) is 0 Å². The van der Waals surface area contributed by atoms with E-state index in [9.17, 15) is 5.11 Å². The minimum atomic E-state index is -0.145. The van der Waals surface area contributed by atoms with Crippen LogP contribution in [0.2, 0.25) is 0 Å². The summed E-state index contributed by atoms with van der Waals surface area (Å²) in [4.78, 5) is 0. The van der Waals surface area contributed by atoms with E-state index in [4.69, 9.17) is 0 Å². The van der Waals surface area contributed by atoms with Gasteiger partial charge in [0.2, 0.25) is 0 Å². The van der Waals surface area contributed by atoms with Gasteiger partial charge in [-0.2, -0.15) is 0 Å². The van der Waals surface area contributed by atoms with Gasteiger partial charge in [-0.3, -0.25) is 0 Å². The highest BCUT2D eigenvalue weighted by Crippen LogP contribution is 2.50. The lowest BCUT2D eigenvalue weighted by Gasteiger charge is -2.50. The van der Waals surface area contributed by atoms with Crippen molar-refractivity contribution in [1.29, 1.82) is 0 Å². The molecule has 0 spiro atoms. The van der Waals surface area contributed by atoms with Gasteiger partial charge in [0.15, 0.2) is 0 Å². The van der Waals surface area contributed by atoms with Crippen LogP contribution in [0.5, 0.6) is 0 Å². The van der Waals surface area contributed by atoms with E-state index < -0.39 is 0 Å². The van der Waals surface area contributed by atoms with Gasteiger partial charge in [0.1, 0.15) is 0 Å². The smallest absolute Gasteiger partial charge is 0.0630 e. The standard InChI is InChI=1S/C12H19NO/c1-8-5-6-9(2)13(8)10-7-11(14)12(10,3)4/h5-6,10-11,14H,7H2,1-4H3. The summed E-state index contributed by atoms with van der Waals surface area (Å²) >= 11 is 0. The molecule has 1 aromatic heterocycles. The summed E-state index contributed by atoms with van der Waals surface area (Å²) in [7, 11) is 0. The van der Waals surface area contributed by atoms with Crippen LogP contribution in [0.1, 0.15) is 37.7 Å². The highest BCUT2D eigenvalue weighted by Gasteiger charge is 2.48. The highest BCUT2D eigenvalue weighted by atomic mass is 16.3. The zero-order chi connectivity index (χ0) is 10.5. The van der Waals surface area contributed by atoms with Gasteiger partial charge >= 0.3 is 0 Å². The third kappa shape index (κ3) is 1.13. The highest BCUT2D eigenvalue weighted by molar-refractivity contribution is 5.18. The normalized spacial score (nSPS) is 30.1. The largest absolute Gasteiger partial charge is 0.392 e. The van der Waals surface area contributed by atoms with Crippen LogP contribution in [-0.2, 0) is 0 Å². The third-order valence-electron chi connectivity index (χ3n) is 3.80. The lowest BCUT2D eigenvalue weighted by atomic mass is 9.64. The second-order valence-corrected chi connectivity index (χ2v) is 5.07. The molecule has 1 N–H and O–H groups in total. The van der Waals surface area contributed by atoms with Crippen LogP contribution in [0.25, 0.3) is 0 Å². The number of rotatable bonds is 1. The van der Waals surface area contributed by atoms with Crippen molar-refractivity contribution in [1.82, 2.24) is 4.57 Å². The molecule has 2 unspecified atom stereocenters. The molecule has 2 rings (SSSR count). The van der Waals surface area contributed by atoms with Gasteiger partial charge in [-0.25, -0.2) is 0 Å². The zero-order valence-corrected chi connectivity index (χ0v) is 9.41. The van der Waals surface area contributed by atoms with Crippen molar-refractivity contribution in [2.24, 2.45) is 5.41 Å². The lowest BCUT2D eigenvalue weighted by molar-refractivity contribution is -0.0902. The minimum Gasteiger partial charge on any atom is -0.392 e. The van der Waals surface area contributed by atoms with E-state index in [1.54, 1.807) is 0 Å². The SMILES string of the molecule is Cc1ccc(C)n1C1CC(O)C1(C)C. The van der Waals surface area contributed by atoms with Gasteiger partial charge < -0.3 is 9.67 Å². The zero-order valence-electron chi connectivity index (χ0n) is 9.41. The fourth-order valence-corrected chi connectivity index (χ4v) is 2.49. The molecule has 0 radical (unpaired) electrons. The third-order valence-corrected chi connectivity index (χ3v) is 3.80. The fraction of sp³-hybridized carbons (Fsp3) is 0.667. The Morgan fingerprint density at radius 2 is 1.79 bits per heavy atom. The number of aryl methyl sites for hydroxylation is 2. The van der Waals surface area contributed by atoms with Gasteiger partial charge in [0.25, 0.3) is 0 Å². The summed E-state index contributed by atoms with van der Waals surface area (Å²) in [5.41, 5.74) is 2.62. The van der Waals surface area contributed by atoms with Gasteiger partial charge in [-0.1, -0.05) is 13.8 Å². The molecule has 1 saturated carbocycles. The van der Waals surface area contributed by atoms with Crippen LogP contribution in [0.15, 0.2) is 12.1 Å². The van der Waals surface area contributed by atoms with Crippen molar-refractivity contribution in [3.05, 3.63) is 23.5 Å². The molecular weight excluding hydrogens is 174 g/mol. The number of hydrogen-bond acceptors (Lipinski definition) is 1. The number of nitrogens with zero attached hydrogens (tertiary/aromatic N) is 1. The molecule has 14 heavy (non-hydrogen) atoms. The summed E-state index contributed by atoms with van der Waals surface area (Å²) in [6.07, 6.45) is 0.747. The predicted octanol–water partition coefficient (Wildman–Crippen LogP) is 2.44. The Balaban J connectivity index is 2.34. The molecule has 0 saturated heterocycles. The lowest BCUT2D eigenvalue weighted by Crippen LogP contribution is -2.50. The molecule has 2 nitrogen and oxygen atoms in total. The molecule has 1 aliphatic rings. The monoisotopic (exact) mass is 193 g/mol. The van der Waals surface area contributed by atoms with Crippen LogP contribution in [-0.4, -0.2) is 15.8 Å². The van der Waals surface area contributed by atoms with E-state index in [2.05, 4.69) is 44.4 Å². The first-order valence-electron chi connectivity index (χ1n) is 5.27. The number of hydrogen-bond donors (Lipinski definition) is 1. The van der Waals surface area contributed by atoms with Crippen LogP contribution < -0.4 is 0 Å². The molecule has 0 amide bonds. The summed E-state index contributed by atoms with van der Waals surface area (Å²) in [6, 6.07) is 4.76. The number of aliphatic hydroxyl groups is 1. The molecule has 0 bridgehead atoms. The van der Waals surface area contributed by atoms with E-state index in [1.807, 2.05) is 0 Å². The second kappa shape index (κ2) is 2.86. The molecule has 2 heteroatoms. The molecule has 1 heterocycles. The minimum absolute atomic E-state index is 0.0224. The Hall–Kier alpha value is -0.760. The average molecular weight is 193 g/mol. The van der Waals surface area contributed by atoms with Crippen LogP contribution >= 0.6 is 0 Å². The summed E-state index contributed by atoms with van der Waals surface area (Å²) in [5.74, 6) is 0. The molecule has 1 aromatic rings. The van der Waals surface area contributed by atoms with Crippen molar-refractivity contribution in [2.45, 2.75) is 46.3 Å². The molecule has 78 valence electrons. The average Bonchev–Trinajstić information content (AvgIpc) is 2.43. The molecule has 2 atom stereocenters. The van der Waals surface area contributed by atoms with Crippen molar-refractivity contribution < 1.29 is 5.11 Å². The maximum atomic E-state index is 9.71. The van der Waals surface area contributed by atoms with Gasteiger partial charge in [-0.15, -0.1) is 0 Å². The molecule has 0 aromatic carbocycles. The van der Waals surface area contributed by atoms with Crippen LogP contribution in [0, 0.1) is 19.3 Å². The number of aromatic nitrogens is 1. The van der Waals surface area contributed by atoms with E-state index >= 15 is 0 Å². The molecular formula is C12H19NO. The summed E-state index contributed by atoms with van der Waals surface area (Å²) in [5, 5.41) is 9.71. The van der Waals surface area contributed by atoms with Crippen molar-refractivity contribution in [3.8, 4) is 0 Å². The van der Waals surface area contributed by atoms with E-state index in [-0.39, 0.29) is 11.5 Å². The fourth-order valence-electron chi connectivity index (χ4n) is 2.49. The van der Waals surface area contributed by atoms with Gasteiger partial charge in [0.05, 0.1) is 6.10 Å². The Morgan fingerprint density at radius 1 is 1.29 bits per heavy atom. The first-order valence-corrected chi connectivity index (χ1v) is 5.27. The van der Waals surface area contributed by atoms with E-state index in [0.717, 1.165) is 6.42 Å². The van der Waals surface area contributed by atoms with Crippen LogP contribution in [0.3, 0.4) is 0 Å². The summed E-state index contributed by atoms with van der Waals surface area (Å²) in [6.45, 7) is 8.55. The summed E-state index contributed by atoms with van der Waals surface area (Å²) < 4.78 is 2.35. The second-order valence-electron chi connectivity index (χ2n) is 5.07. The predicted molar refractivity (Wildman–Crippen MR) is 57.3 cm³/mol. The molecule has 1 aliphatic carbocycles. The molecule has 1 fully saturated rings. The van der Waals surface area contributed by atoms with Crippen molar-refractivity contribution >= 4 is 0 Å². The van der Waals surface area contributed by atoms with Gasteiger partial charge in [0, 0.05) is 22.8 Å². The first-order chi connectivity index (χ1) is 6.44. The Morgan fingerprint density at radius 3 is 2.14 bits per heavy atom. The first kappa shape index (κ1) is 9.78. The van der Waals surface area contributed by atoms with E-state index in [1.165, 1.54) is 11.4 Å². The van der Waals surface area contributed by atoms with E-state index in [0.29, 0.717) is 6.04 Å². The van der Waals surface area contributed by atoms with Crippen molar-refractivity contribution in [3.63, 3.8) is 0 Å². The Bertz CT molecular complexity index is 332. The Labute approximate surface area is 85.6 Å². The maximum Gasteiger partial charge on any atom is 0.0630 e.